The van der Waals surface area contributed by atoms with Gasteiger partial charge in [0, 0.05) is 35.4 Å². The van der Waals surface area contributed by atoms with Crippen LogP contribution in [-0.2, 0) is 11.2 Å². The number of anilines is 2. The number of nitrogens with zero attached hydrogens (tertiary/aromatic N) is 2. The molecule has 6 heteroatoms. The van der Waals surface area contributed by atoms with Gasteiger partial charge in [-0.05, 0) is 42.0 Å². The Bertz CT molecular complexity index is 1350. The summed E-state index contributed by atoms with van der Waals surface area (Å²) in [6.45, 7) is 0. The monoisotopic (exact) mass is 411 g/mol. The summed E-state index contributed by atoms with van der Waals surface area (Å²) in [5.74, 6) is -0.717. The van der Waals surface area contributed by atoms with Gasteiger partial charge in [0.15, 0.2) is 0 Å². The fraction of sp³-hybridized carbons (Fsp3) is 0.0800. The molecule has 0 fully saturated rings. The smallest absolute Gasteiger partial charge is 0.256 e. The third-order valence-corrected chi connectivity index (χ3v) is 5.50. The quantitative estimate of drug-likeness (QED) is 0.526. The van der Waals surface area contributed by atoms with E-state index < -0.39 is 5.82 Å². The molecule has 4 aromatic rings. The third kappa shape index (κ3) is 3.42. The van der Waals surface area contributed by atoms with Crippen molar-refractivity contribution in [3.05, 3.63) is 89.7 Å². The summed E-state index contributed by atoms with van der Waals surface area (Å²) in [4.78, 5) is 31.3. The molecule has 2 heterocycles. The van der Waals surface area contributed by atoms with Gasteiger partial charge in [0.05, 0.1) is 23.2 Å². The van der Waals surface area contributed by atoms with Gasteiger partial charge in [-0.15, -0.1) is 0 Å². The van der Waals surface area contributed by atoms with Gasteiger partial charge in [-0.2, -0.15) is 0 Å². The van der Waals surface area contributed by atoms with E-state index in [1.54, 1.807) is 30.1 Å². The summed E-state index contributed by atoms with van der Waals surface area (Å²) in [6.07, 6.45) is 0.311. The molecule has 1 N–H and O–H groups in total. The molecular weight excluding hydrogens is 393 g/mol. The van der Waals surface area contributed by atoms with E-state index in [0.717, 1.165) is 16.8 Å². The Hall–Kier alpha value is -4.06. The predicted octanol–water partition coefficient (Wildman–Crippen LogP) is 4.81. The van der Waals surface area contributed by atoms with Crippen LogP contribution < -0.4 is 10.2 Å². The van der Waals surface area contributed by atoms with Gasteiger partial charge in [0.25, 0.3) is 5.91 Å². The van der Waals surface area contributed by atoms with Gasteiger partial charge in [-0.25, -0.2) is 9.37 Å². The molecule has 5 nitrogen and oxygen atoms in total. The molecular formula is C25H18FN3O2. The van der Waals surface area contributed by atoms with E-state index in [2.05, 4.69) is 10.3 Å². The minimum absolute atomic E-state index is 0.0214. The topological polar surface area (TPSA) is 62.3 Å². The van der Waals surface area contributed by atoms with E-state index in [1.165, 1.54) is 12.1 Å². The Kier molecular flexibility index (Phi) is 4.47. The lowest BCUT2D eigenvalue weighted by molar-refractivity contribution is -0.117. The molecule has 0 unspecified atom stereocenters. The highest BCUT2D eigenvalue weighted by Crippen LogP contribution is 2.31. The molecule has 0 spiro atoms. The summed E-state index contributed by atoms with van der Waals surface area (Å²) in [5.41, 5.74) is 4.55. The van der Waals surface area contributed by atoms with Gasteiger partial charge >= 0.3 is 0 Å². The first-order chi connectivity index (χ1) is 15.0. The van der Waals surface area contributed by atoms with Crippen LogP contribution in [-0.4, -0.2) is 23.8 Å². The highest BCUT2D eigenvalue weighted by Gasteiger charge is 2.24. The van der Waals surface area contributed by atoms with E-state index >= 15 is 0 Å². The summed E-state index contributed by atoms with van der Waals surface area (Å²) < 4.78 is 13.9. The van der Waals surface area contributed by atoms with Crippen LogP contribution >= 0.6 is 0 Å². The van der Waals surface area contributed by atoms with Gasteiger partial charge < -0.3 is 10.2 Å². The lowest BCUT2D eigenvalue weighted by atomic mass is 10.0. The lowest BCUT2D eigenvalue weighted by Gasteiger charge is -2.13. The number of benzene rings is 3. The maximum Gasteiger partial charge on any atom is 0.256 e. The number of fused-ring (bicyclic) bond motifs is 2. The number of nitrogens with one attached hydrogen (secondary N) is 1. The zero-order valence-electron chi connectivity index (χ0n) is 16.7. The Labute approximate surface area is 178 Å². The number of hydrogen-bond acceptors (Lipinski definition) is 3. The summed E-state index contributed by atoms with van der Waals surface area (Å²) in [6, 6.07) is 20.8. The number of halogens is 1. The number of hydrogen-bond donors (Lipinski definition) is 1. The number of carbonyl (C=O) groups is 2. The zero-order valence-corrected chi connectivity index (χ0v) is 16.7. The van der Waals surface area contributed by atoms with Crippen molar-refractivity contribution in [2.24, 2.45) is 0 Å². The van der Waals surface area contributed by atoms with E-state index in [4.69, 9.17) is 0 Å². The Morgan fingerprint density at radius 1 is 1.03 bits per heavy atom. The third-order valence-electron chi connectivity index (χ3n) is 5.50. The lowest BCUT2D eigenvalue weighted by Crippen LogP contribution is -2.20. The first-order valence-corrected chi connectivity index (χ1v) is 9.86. The Morgan fingerprint density at radius 2 is 1.84 bits per heavy atom. The average Bonchev–Trinajstić information content (AvgIpc) is 3.06. The second-order valence-electron chi connectivity index (χ2n) is 7.51. The number of likely N-dealkylation sites (N-methyl/N-ethyl adjacent to an activating group) is 1. The van der Waals surface area contributed by atoms with Crippen molar-refractivity contribution in [1.29, 1.82) is 0 Å². The number of rotatable bonds is 3. The Balaban J connectivity index is 1.55. The standard InChI is InChI=1S/C25H18FN3O2/c1-29-23-10-8-18(11-16(23)12-24(29)30)27-25(31)20-14-21(15-5-3-2-4-6-15)28-22-13-17(26)7-9-19(20)22/h2-11,13-14H,12H2,1H3,(H,27,31). The van der Waals surface area contributed by atoms with Crippen molar-refractivity contribution in [3.63, 3.8) is 0 Å². The molecule has 1 aliphatic rings. The summed E-state index contributed by atoms with van der Waals surface area (Å²) >= 11 is 0. The molecule has 0 atom stereocenters. The number of pyridine rings is 1. The van der Waals surface area contributed by atoms with E-state index in [-0.39, 0.29) is 11.8 Å². The molecule has 0 saturated heterocycles. The van der Waals surface area contributed by atoms with Crippen LogP contribution in [0.15, 0.2) is 72.8 Å². The molecule has 0 saturated carbocycles. The van der Waals surface area contributed by atoms with Crippen molar-refractivity contribution in [1.82, 2.24) is 4.98 Å². The highest BCUT2D eigenvalue weighted by molar-refractivity contribution is 6.13. The van der Waals surface area contributed by atoms with Crippen LogP contribution in [0.4, 0.5) is 15.8 Å². The summed E-state index contributed by atoms with van der Waals surface area (Å²) in [5, 5.41) is 3.48. The average molecular weight is 411 g/mol. The number of carbonyl (C=O) groups excluding carboxylic acids is 2. The summed E-state index contributed by atoms with van der Waals surface area (Å²) in [7, 11) is 1.74. The van der Waals surface area contributed by atoms with Gasteiger partial charge in [0.1, 0.15) is 5.82 Å². The molecule has 0 radical (unpaired) electrons. The predicted molar refractivity (Wildman–Crippen MR) is 119 cm³/mol. The van der Waals surface area contributed by atoms with Gasteiger partial charge in [0.2, 0.25) is 5.91 Å². The molecule has 2 amide bonds. The first kappa shape index (κ1) is 18.9. The van der Waals surface area contributed by atoms with E-state index in [0.29, 0.717) is 34.3 Å². The molecule has 3 aromatic carbocycles. The van der Waals surface area contributed by atoms with Crippen molar-refractivity contribution in [2.45, 2.75) is 6.42 Å². The van der Waals surface area contributed by atoms with Crippen molar-refractivity contribution in [2.75, 3.05) is 17.3 Å². The minimum Gasteiger partial charge on any atom is -0.322 e. The molecule has 5 rings (SSSR count). The van der Waals surface area contributed by atoms with Crippen LogP contribution in [0, 0.1) is 5.82 Å². The highest BCUT2D eigenvalue weighted by atomic mass is 19.1. The van der Waals surface area contributed by atoms with Gasteiger partial charge in [-0.3, -0.25) is 9.59 Å². The number of aromatic nitrogens is 1. The first-order valence-electron chi connectivity index (χ1n) is 9.86. The van der Waals surface area contributed by atoms with Crippen molar-refractivity contribution < 1.29 is 14.0 Å². The molecule has 0 bridgehead atoms. The Morgan fingerprint density at radius 3 is 2.65 bits per heavy atom. The van der Waals surface area contributed by atoms with Crippen LogP contribution in [0.2, 0.25) is 0 Å². The van der Waals surface area contributed by atoms with Crippen LogP contribution in [0.5, 0.6) is 0 Å². The van der Waals surface area contributed by atoms with Crippen LogP contribution in [0.3, 0.4) is 0 Å². The number of amides is 2. The maximum atomic E-state index is 13.9. The molecule has 1 aliphatic heterocycles. The van der Waals surface area contributed by atoms with Gasteiger partial charge in [-0.1, -0.05) is 30.3 Å². The van der Waals surface area contributed by atoms with E-state index in [1.807, 2.05) is 42.5 Å². The van der Waals surface area contributed by atoms with Crippen molar-refractivity contribution >= 4 is 34.1 Å². The fourth-order valence-electron chi connectivity index (χ4n) is 3.89. The van der Waals surface area contributed by atoms with Crippen LogP contribution in [0.25, 0.3) is 22.2 Å². The van der Waals surface area contributed by atoms with E-state index in [9.17, 15) is 14.0 Å². The fourth-order valence-corrected chi connectivity index (χ4v) is 3.89. The zero-order chi connectivity index (χ0) is 21.5. The normalized spacial score (nSPS) is 12.8. The SMILES string of the molecule is CN1C(=O)Cc2cc(NC(=O)c3cc(-c4ccccc4)nc4cc(F)ccc34)ccc21. The second kappa shape index (κ2) is 7.32. The molecule has 0 aliphatic carbocycles. The molecule has 152 valence electrons. The maximum absolute atomic E-state index is 13.9. The van der Waals surface area contributed by atoms with Crippen LogP contribution in [0.1, 0.15) is 15.9 Å². The largest absolute Gasteiger partial charge is 0.322 e. The molecule has 1 aromatic heterocycles. The van der Waals surface area contributed by atoms with Crippen molar-refractivity contribution in [3.8, 4) is 11.3 Å². The second-order valence-corrected chi connectivity index (χ2v) is 7.51. The minimum atomic E-state index is -0.413. The molecule has 31 heavy (non-hydrogen) atoms.